The fourth-order valence-electron chi connectivity index (χ4n) is 3.29. The maximum atomic E-state index is 11.8. The molecule has 0 aliphatic carbocycles. The minimum absolute atomic E-state index is 0.229. The van der Waals surface area contributed by atoms with Crippen LogP contribution in [0.3, 0.4) is 0 Å². The number of para-hydroxylation sites is 1. The number of benzene rings is 3. The van der Waals surface area contributed by atoms with Gasteiger partial charge in [-0.15, -0.1) is 0 Å². The van der Waals surface area contributed by atoms with Crippen LogP contribution in [0.5, 0.6) is 23.0 Å². The van der Waals surface area contributed by atoms with Gasteiger partial charge in [-0.25, -0.2) is 4.98 Å². The van der Waals surface area contributed by atoms with Gasteiger partial charge in [0.1, 0.15) is 28.5 Å². The van der Waals surface area contributed by atoms with Crippen LogP contribution in [0.2, 0.25) is 0 Å². The van der Waals surface area contributed by atoms with E-state index < -0.39 is 0 Å². The van der Waals surface area contributed by atoms with E-state index in [1.54, 1.807) is 43.6 Å². The maximum absolute atomic E-state index is 11.8. The van der Waals surface area contributed by atoms with Crippen molar-refractivity contribution in [3.05, 3.63) is 96.8 Å². The lowest BCUT2D eigenvalue weighted by Crippen LogP contribution is -2.26. The summed E-state index contributed by atoms with van der Waals surface area (Å²) in [4.78, 5) is 19.2. The van der Waals surface area contributed by atoms with Crippen molar-refractivity contribution >= 4 is 28.7 Å². The van der Waals surface area contributed by atoms with E-state index >= 15 is 0 Å². The molecule has 0 aliphatic heterocycles. The zero-order valence-corrected chi connectivity index (χ0v) is 18.2. The van der Waals surface area contributed by atoms with Crippen molar-refractivity contribution < 1.29 is 23.7 Å². The number of amides is 1. The second-order valence-electron chi connectivity index (χ2n) is 7.33. The standard InChI is InChI=1S/C26H20N4O4/c1-27-25(31)23-16-21(13-14-28-23)33-20-11-12-24-22(15-20)30-26(34-24)29-17-7-9-19(10-8-17)32-18-5-3-2-4-6-18/h2-16H,1H3,(H,27,31)(H,29,30)/p+1. The lowest BCUT2D eigenvalue weighted by molar-refractivity contribution is -0.382. The van der Waals surface area contributed by atoms with Crippen LogP contribution >= 0.6 is 0 Å². The highest BCUT2D eigenvalue weighted by Gasteiger charge is 2.13. The number of pyridine rings is 1. The number of H-pyrrole nitrogens is 1. The quantitative estimate of drug-likeness (QED) is 0.346. The Morgan fingerprint density at radius 2 is 1.56 bits per heavy atom. The summed E-state index contributed by atoms with van der Waals surface area (Å²) in [5, 5.41) is 5.73. The summed E-state index contributed by atoms with van der Waals surface area (Å²) in [7, 11) is 1.57. The van der Waals surface area contributed by atoms with Crippen LogP contribution < -0.4 is 25.1 Å². The van der Waals surface area contributed by atoms with Gasteiger partial charge in [-0.05, 0) is 48.5 Å². The summed E-state index contributed by atoms with van der Waals surface area (Å²) in [6.45, 7) is 0. The van der Waals surface area contributed by atoms with Crippen LogP contribution in [-0.4, -0.2) is 17.9 Å². The zero-order chi connectivity index (χ0) is 23.3. The summed E-state index contributed by atoms with van der Waals surface area (Å²) in [5.41, 5.74) is 2.46. The van der Waals surface area contributed by atoms with Gasteiger partial charge in [0.05, 0.1) is 6.07 Å². The molecule has 0 spiro atoms. The second kappa shape index (κ2) is 9.33. The molecule has 168 valence electrons. The number of anilines is 2. The van der Waals surface area contributed by atoms with Crippen LogP contribution in [0.4, 0.5) is 11.7 Å². The van der Waals surface area contributed by atoms with Crippen molar-refractivity contribution in [1.29, 1.82) is 0 Å². The number of aromatic nitrogens is 2. The molecule has 5 aromatic rings. The van der Waals surface area contributed by atoms with E-state index in [4.69, 9.17) is 13.9 Å². The predicted molar refractivity (Wildman–Crippen MR) is 127 cm³/mol. The molecule has 0 aliphatic rings. The molecule has 8 heteroatoms. The van der Waals surface area contributed by atoms with Crippen molar-refractivity contribution in [2.75, 3.05) is 12.4 Å². The SMILES string of the molecule is CNC(=O)c1cc(Oc2ccc3oc(Nc4ccc(Oc5ccccc5)cc4)nc3c2)cc[nH+]1. The van der Waals surface area contributed by atoms with Gasteiger partial charge >= 0.3 is 5.91 Å². The number of ether oxygens (including phenoxy) is 2. The number of carbonyl (C=O) groups excluding carboxylic acids is 1. The van der Waals surface area contributed by atoms with Crippen molar-refractivity contribution in [2.45, 2.75) is 0 Å². The predicted octanol–water partition coefficient (Wildman–Crippen LogP) is 5.33. The van der Waals surface area contributed by atoms with Gasteiger partial charge in [-0.1, -0.05) is 18.2 Å². The van der Waals surface area contributed by atoms with Crippen molar-refractivity contribution in [2.24, 2.45) is 0 Å². The first kappa shape index (κ1) is 21.0. The number of nitrogens with zero attached hydrogens (tertiary/aromatic N) is 1. The third kappa shape index (κ3) is 4.81. The van der Waals surface area contributed by atoms with Crippen LogP contribution in [0.25, 0.3) is 11.1 Å². The molecule has 1 amide bonds. The summed E-state index contributed by atoms with van der Waals surface area (Å²) in [6.07, 6.45) is 1.65. The normalized spacial score (nSPS) is 10.6. The zero-order valence-electron chi connectivity index (χ0n) is 18.2. The van der Waals surface area contributed by atoms with E-state index in [0.29, 0.717) is 34.3 Å². The van der Waals surface area contributed by atoms with Gasteiger partial charge in [-0.3, -0.25) is 4.79 Å². The van der Waals surface area contributed by atoms with Gasteiger partial charge in [-0.2, -0.15) is 4.98 Å². The van der Waals surface area contributed by atoms with Crippen molar-refractivity contribution in [3.63, 3.8) is 0 Å². The first-order chi connectivity index (χ1) is 16.7. The largest absolute Gasteiger partial charge is 0.457 e. The van der Waals surface area contributed by atoms with E-state index in [9.17, 15) is 4.79 Å². The molecule has 0 fully saturated rings. The molecular formula is C26H21N4O4+. The smallest absolute Gasteiger partial charge is 0.315 e. The summed E-state index contributed by atoms with van der Waals surface area (Å²) >= 11 is 0. The fourth-order valence-corrected chi connectivity index (χ4v) is 3.29. The highest BCUT2D eigenvalue weighted by Crippen LogP contribution is 2.29. The lowest BCUT2D eigenvalue weighted by atomic mass is 10.3. The number of rotatable bonds is 7. The summed E-state index contributed by atoms with van der Waals surface area (Å²) in [6, 6.07) is 26.2. The number of hydrogen-bond donors (Lipinski definition) is 2. The van der Waals surface area contributed by atoms with E-state index in [1.807, 2.05) is 54.6 Å². The van der Waals surface area contributed by atoms with Crippen LogP contribution in [0.1, 0.15) is 10.5 Å². The number of carbonyl (C=O) groups is 1. The molecule has 3 aromatic carbocycles. The first-order valence-corrected chi connectivity index (χ1v) is 10.6. The number of oxazole rings is 1. The van der Waals surface area contributed by atoms with E-state index in [2.05, 4.69) is 20.6 Å². The molecule has 34 heavy (non-hydrogen) atoms. The Hall–Kier alpha value is -4.85. The van der Waals surface area contributed by atoms with Crippen LogP contribution in [0, 0.1) is 0 Å². The Morgan fingerprint density at radius 1 is 0.853 bits per heavy atom. The Balaban J connectivity index is 1.28. The topological polar surface area (TPSA) is 99.8 Å². The average molecular weight is 453 g/mol. The Labute approximate surface area is 195 Å². The fraction of sp³-hybridized carbons (Fsp3) is 0.0385. The van der Waals surface area contributed by atoms with E-state index in [1.165, 1.54) is 0 Å². The number of hydrogen-bond acceptors (Lipinski definition) is 6. The molecule has 8 nitrogen and oxygen atoms in total. The van der Waals surface area contributed by atoms with Gasteiger partial charge in [0.2, 0.25) is 0 Å². The molecule has 0 atom stereocenters. The minimum Gasteiger partial charge on any atom is -0.457 e. The molecule has 3 N–H and O–H groups in total. The van der Waals surface area contributed by atoms with Crippen molar-refractivity contribution in [3.8, 4) is 23.0 Å². The Morgan fingerprint density at radius 3 is 2.35 bits per heavy atom. The lowest BCUT2D eigenvalue weighted by Gasteiger charge is -2.06. The molecule has 0 saturated carbocycles. The van der Waals surface area contributed by atoms with E-state index in [-0.39, 0.29) is 5.91 Å². The van der Waals surface area contributed by atoms with Crippen molar-refractivity contribution in [1.82, 2.24) is 10.3 Å². The minimum atomic E-state index is -0.229. The van der Waals surface area contributed by atoms with Gasteiger partial charge in [0.25, 0.3) is 11.7 Å². The molecular weight excluding hydrogens is 432 g/mol. The first-order valence-electron chi connectivity index (χ1n) is 10.6. The third-order valence-corrected chi connectivity index (χ3v) is 4.92. The molecule has 0 radical (unpaired) electrons. The highest BCUT2D eigenvalue weighted by molar-refractivity contribution is 5.90. The van der Waals surface area contributed by atoms with Crippen LogP contribution in [0.15, 0.2) is 95.5 Å². The summed E-state index contributed by atoms with van der Waals surface area (Å²) < 4.78 is 17.5. The second-order valence-corrected chi connectivity index (χ2v) is 7.33. The van der Waals surface area contributed by atoms with Crippen LogP contribution in [-0.2, 0) is 0 Å². The molecule has 0 bridgehead atoms. The highest BCUT2D eigenvalue weighted by atomic mass is 16.5. The number of aromatic amines is 1. The van der Waals surface area contributed by atoms with E-state index in [0.717, 1.165) is 17.2 Å². The molecule has 5 rings (SSSR count). The average Bonchev–Trinajstić information content (AvgIpc) is 3.27. The van der Waals surface area contributed by atoms with Gasteiger partial charge < -0.3 is 24.5 Å². The maximum Gasteiger partial charge on any atom is 0.315 e. The van der Waals surface area contributed by atoms with Gasteiger partial charge in [0.15, 0.2) is 11.8 Å². The molecule has 0 saturated heterocycles. The number of nitrogens with one attached hydrogen (secondary N) is 3. The Kier molecular flexibility index (Phi) is 5.77. The molecule has 2 heterocycles. The summed E-state index contributed by atoms with van der Waals surface area (Å²) in [5.74, 6) is 2.38. The monoisotopic (exact) mass is 453 g/mol. The third-order valence-electron chi connectivity index (χ3n) is 4.92. The van der Waals surface area contributed by atoms with Gasteiger partial charge in [0, 0.05) is 24.9 Å². The Bertz CT molecular complexity index is 1430. The molecule has 0 unspecified atom stereocenters. The molecule has 2 aromatic heterocycles. The number of fused-ring (bicyclic) bond motifs is 1.